The Morgan fingerprint density at radius 1 is 1.19 bits per heavy atom. The van der Waals surface area contributed by atoms with Crippen molar-refractivity contribution in [2.24, 2.45) is 5.10 Å². The molecule has 0 spiro atoms. The van der Waals surface area contributed by atoms with Crippen molar-refractivity contribution >= 4 is 33.1 Å². The number of rotatable bonds is 4. The lowest BCUT2D eigenvalue weighted by atomic mass is 10.1. The molecule has 5 nitrogen and oxygen atoms in total. The highest BCUT2D eigenvalue weighted by atomic mass is 32.1. The zero-order valence-corrected chi connectivity index (χ0v) is 15.1. The number of halogens is 1. The van der Waals surface area contributed by atoms with Gasteiger partial charge in [0.25, 0.3) is 0 Å². The van der Waals surface area contributed by atoms with E-state index in [1.165, 1.54) is 17.4 Å². The first kappa shape index (κ1) is 17.1. The average Bonchev–Trinajstić information content (AvgIpc) is 3.14. The van der Waals surface area contributed by atoms with Crippen LogP contribution < -0.4 is 11.1 Å². The van der Waals surface area contributed by atoms with Crippen LogP contribution in [0.3, 0.4) is 0 Å². The lowest BCUT2D eigenvalue weighted by Gasteiger charge is -2.02. The summed E-state index contributed by atoms with van der Waals surface area (Å²) in [5, 5.41) is 7.24. The van der Waals surface area contributed by atoms with E-state index in [0.29, 0.717) is 33.2 Å². The van der Waals surface area contributed by atoms with E-state index in [1.54, 1.807) is 42.6 Å². The SMILES string of the molecule is C/C(=N\Nc1nc(-c2cc3ccccc3oc2=O)cs1)c1ccccc1F. The lowest BCUT2D eigenvalue weighted by molar-refractivity contribution is 0.563. The lowest BCUT2D eigenvalue weighted by Crippen LogP contribution is -2.03. The van der Waals surface area contributed by atoms with Crippen molar-refractivity contribution < 1.29 is 8.81 Å². The highest BCUT2D eigenvalue weighted by Crippen LogP contribution is 2.25. The van der Waals surface area contributed by atoms with Gasteiger partial charge in [-0.3, -0.25) is 5.43 Å². The molecule has 4 aromatic rings. The second kappa shape index (κ2) is 7.13. The van der Waals surface area contributed by atoms with E-state index >= 15 is 0 Å². The van der Waals surface area contributed by atoms with E-state index in [-0.39, 0.29) is 5.82 Å². The van der Waals surface area contributed by atoms with Crippen molar-refractivity contribution in [3.05, 3.63) is 81.8 Å². The van der Waals surface area contributed by atoms with E-state index in [4.69, 9.17) is 4.42 Å². The van der Waals surface area contributed by atoms with Gasteiger partial charge in [0.05, 0.1) is 17.0 Å². The molecule has 2 heterocycles. The summed E-state index contributed by atoms with van der Waals surface area (Å²) in [6.45, 7) is 1.71. The highest BCUT2D eigenvalue weighted by Gasteiger charge is 2.11. The summed E-state index contributed by atoms with van der Waals surface area (Å²) in [7, 11) is 0. The van der Waals surface area contributed by atoms with Crippen LogP contribution in [-0.4, -0.2) is 10.7 Å². The molecule has 7 heteroatoms. The van der Waals surface area contributed by atoms with Gasteiger partial charge in [0.1, 0.15) is 11.4 Å². The fraction of sp³-hybridized carbons (Fsp3) is 0.0500. The fourth-order valence-corrected chi connectivity index (χ4v) is 3.29. The number of para-hydroxylation sites is 1. The molecule has 1 N–H and O–H groups in total. The highest BCUT2D eigenvalue weighted by molar-refractivity contribution is 7.14. The summed E-state index contributed by atoms with van der Waals surface area (Å²) in [4.78, 5) is 16.6. The topological polar surface area (TPSA) is 67.5 Å². The van der Waals surface area contributed by atoms with Crippen LogP contribution in [0, 0.1) is 5.82 Å². The maximum absolute atomic E-state index is 13.8. The van der Waals surface area contributed by atoms with E-state index < -0.39 is 5.63 Å². The Morgan fingerprint density at radius 2 is 1.96 bits per heavy atom. The number of hydrogen-bond donors (Lipinski definition) is 1. The maximum atomic E-state index is 13.8. The Kier molecular flexibility index (Phi) is 4.52. The minimum absolute atomic E-state index is 0.339. The summed E-state index contributed by atoms with van der Waals surface area (Å²) in [5.41, 5.74) is 4.69. The molecule has 0 atom stereocenters. The summed E-state index contributed by atoms with van der Waals surface area (Å²) in [6, 6.07) is 15.5. The average molecular weight is 379 g/mol. The summed E-state index contributed by atoms with van der Waals surface area (Å²) < 4.78 is 19.1. The van der Waals surface area contributed by atoms with E-state index in [2.05, 4.69) is 15.5 Å². The first-order valence-corrected chi connectivity index (χ1v) is 9.04. The Morgan fingerprint density at radius 3 is 2.81 bits per heavy atom. The maximum Gasteiger partial charge on any atom is 0.345 e. The van der Waals surface area contributed by atoms with Crippen LogP contribution in [0.2, 0.25) is 0 Å². The summed E-state index contributed by atoms with van der Waals surface area (Å²) in [5.74, 6) is -0.339. The number of hydrogen-bond acceptors (Lipinski definition) is 6. The van der Waals surface area contributed by atoms with Gasteiger partial charge in [-0.25, -0.2) is 14.2 Å². The first-order valence-electron chi connectivity index (χ1n) is 8.16. The van der Waals surface area contributed by atoms with Crippen LogP contribution in [-0.2, 0) is 0 Å². The second-order valence-electron chi connectivity index (χ2n) is 5.81. The minimum atomic E-state index is -0.448. The molecular weight excluding hydrogens is 365 g/mol. The molecule has 0 radical (unpaired) electrons. The molecule has 0 aliphatic heterocycles. The van der Waals surface area contributed by atoms with Crippen LogP contribution in [0.5, 0.6) is 0 Å². The van der Waals surface area contributed by atoms with Crippen molar-refractivity contribution in [3.63, 3.8) is 0 Å². The Balaban J connectivity index is 1.61. The largest absolute Gasteiger partial charge is 0.422 e. The molecule has 0 fully saturated rings. The molecule has 0 amide bonds. The van der Waals surface area contributed by atoms with Gasteiger partial charge in [0.15, 0.2) is 0 Å². The smallest absolute Gasteiger partial charge is 0.345 e. The zero-order chi connectivity index (χ0) is 18.8. The number of fused-ring (bicyclic) bond motifs is 1. The quantitative estimate of drug-likeness (QED) is 0.311. The zero-order valence-electron chi connectivity index (χ0n) is 14.3. The minimum Gasteiger partial charge on any atom is -0.422 e. The monoisotopic (exact) mass is 379 g/mol. The van der Waals surface area contributed by atoms with Gasteiger partial charge in [0, 0.05) is 16.3 Å². The number of hydrazone groups is 1. The normalized spacial score (nSPS) is 11.7. The third kappa shape index (κ3) is 3.50. The van der Waals surface area contributed by atoms with Crippen molar-refractivity contribution in [1.29, 1.82) is 0 Å². The van der Waals surface area contributed by atoms with Gasteiger partial charge >= 0.3 is 5.63 Å². The van der Waals surface area contributed by atoms with Crippen LogP contribution >= 0.6 is 11.3 Å². The fourth-order valence-electron chi connectivity index (χ4n) is 2.64. The standard InChI is InChI=1S/C20H14FN3O2S/c1-12(14-7-3-4-8-16(14)21)23-24-20-22-17(11-27-20)15-10-13-6-2-5-9-18(13)26-19(15)25/h2-11H,1H3,(H,22,24)/b23-12+. The number of aromatic nitrogens is 1. The number of nitrogens with zero attached hydrogens (tertiary/aromatic N) is 2. The molecule has 0 aliphatic carbocycles. The van der Waals surface area contributed by atoms with Gasteiger partial charge < -0.3 is 4.42 Å². The number of anilines is 1. The van der Waals surface area contributed by atoms with E-state index in [9.17, 15) is 9.18 Å². The molecule has 27 heavy (non-hydrogen) atoms. The molecule has 4 rings (SSSR count). The number of benzene rings is 2. The van der Waals surface area contributed by atoms with Crippen LogP contribution in [0.4, 0.5) is 9.52 Å². The molecule has 2 aromatic heterocycles. The third-order valence-electron chi connectivity index (χ3n) is 4.00. The third-order valence-corrected chi connectivity index (χ3v) is 4.75. The van der Waals surface area contributed by atoms with Crippen molar-refractivity contribution in [3.8, 4) is 11.3 Å². The van der Waals surface area contributed by atoms with Gasteiger partial charge in [-0.1, -0.05) is 36.4 Å². The Bertz CT molecular complexity index is 1210. The van der Waals surface area contributed by atoms with Crippen molar-refractivity contribution in [2.45, 2.75) is 6.92 Å². The predicted octanol–water partition coefficient (Wildman–Crippen LogP) is 4.89. The van der Waals surface area contributed by atoms with Crippen molar-refractivity contribution in [2.75, 3.05) is 5.43 Å². The van der Waals surface area contributed by atoms with Crippen molar-refractivity contribution in [1.82, 2.24) is 4.98 Å². The van der Waals surface area contributed by atoms with Crippen LogP contribution in [0.1, 0.15) is 12.5 Å². The van der Waals surface area contributed by atoms with E-state index in [0.717, 1.165) is 5.39 Å². The number of thiazole rings is 1. The van der Waals surface area contributed by atoms with Gasteiger partial charge in [-0.2, -0.15) is 5.10 Å². The number of nitrogens with one attached hydrogen (secondary N) is 1. The van der Waals surface area contributed by atoms with E-state index in [1.807, 2.05) is 18.2 Å². The Labute approximate surface area is 157 Å². The van der Waals surface area contributed by atoms with Gasteiger partial charge in [-0.05, 0) is 25.1 Å². The Hall–Kier alpha value is -3.32. The molecule has 0 saturated heterocycles. The molecule has 0 aliphatic rings. The molecule has 0 bridgehead atoms. The summed E-state index contributed by atoms with van der Waals surface area (Å²) in [6.07, 6.45) is 0. The summed E-state index contributed by atoms with van der Waals surface area (Å²) >= 11 is 1.30. The molecule has 2 aromatic carbocycles. The van der Waals surface area contributed by atoms with Gasteiger partial charge in [0.2, 0.25) is 5.13 Å². The molecular formula is C20H14FN3O2S. The van der Waals surface area contributed by atoms with Crippen LogP contribution in [0.25, 0.3) is 22.2 Å². The molecule has 0 unspecified atom stereocenters. The molecule has 0 saturated carbocycles. The molecule has 134 valence electrons. The first-order chi connectivity index (χ1) is 13.1. The predicted molar refractivity (Wildman–Crippen MR) is 106 cm³/mol. The second-order valence-corrected chi connectivity index (χ2v) is 6.67. The van der Waals surface area contributed by atoms with Crippen LogP contribution in [0.15, 0.2) is 74.3 Å². The van der Waals surface area contributed by atoms with Gasteiger partial charge in [-0.15, -0.1) is 11.3 Å².